The summed E-state index contributed by atoms with van der Waals surface area (Å²) in [5.74, 6) is -1.31. The van der Waals surface area contributed by atoms with Crippen molar-refractivity contribution in [1.82, 2.24) is 14.5 Å². The number of aryl methyl sites for hydroxylation is 2. The number of thiophene rings is 1. The molecule has 208 valence electrons. The summed E-state index contributed by atoms with van der Waals surface area (Å²) in [4.78, 5) is 35.2. The largest absolute Gasteiger partial charge is 0.448 e. The van der Waals surface area contributed by atoms with E-state index >= 15 is 0 Å². The first-order chi connectivity index (χ1) is 19.1. The summed E-state index contributed by atoms with van der Waals surface area (Å²) in [6.45, 7) is 7.91. The molecule has 1 amide bonds. The van der Waals surface area contributed by atoms with Gasteiger partial charge in [-0.1, -0.05) is 19.9 Å². The van der Waals surface area contributed by atoms with Gasteiger partial charge in [0.25, 0.3) is 11.5 Å². The maximum Gasteiger partial charge on any atom is 0.297 e. The number of nitrogens with two attached hydrogens (primary N) is 1. The van der Waals surface area contributed by atoms with Crippen molar-refractivity contribution in [1.29, 1.82) is 0 Å². The first-order valence-corrected chi connectivity index (χ1v) is 13.9. The second-order valence-corrected chi connectivity index (χ2v) is 11.3. The third kappa shape index (κ3) is 5.04. The molecule has 0 bridgehead atoms. The van der Waals surface area contributed by atoms with E-state index in [-0.39, 0.29) is 42.2 Å². The molecule has 0 saturated heterocycles. The van der Waals surface area contributed by atoms with Gasteiger partial charge in [0.2, 0.25) is 5.58 Å². The van der Waals surface area contributed by atoms with Crippen molar-refractivity contribution in [3.05, 3.63) is 97.2 Å². The predicted molar refractivity (Wildman–Crippen MR) is 153 cm³/mol. The highest BCUT2D eigenvalue weighted by Gasteiger charge is 2.33. The molecule has 7 nitrogen and oxygen atoms in total. The minimum Gasteiger partial charge on any atom is -0.448 e. The van der Waals surface area contributed by atoms with E-state index in [1.807, 2.05) is 32.2 Å². The van der Waals surface area contributed by atoms with Crippen molar-refractivity contribution < 1.29 is 18.0 Å². The lowest BCUT2D eigenvalue weighted by Crippen LogP contribution is -2.43. The molecule has 3 aromatic heterocycles. The summed E-state index contributed by atoms with van der Waals surface area (Å²) in [6.07, 6.45) is 0. The molecule has 0 fully saturated rings. The van der Waals surface area contributed by atoms with Crippen LogP contribution in [0.3, 0.4) is 0 Å². The molecule has 0 aliphatic carbocycles. The summed E-state index contributed by atoms with van der Waals surface area (Å²) in [5, 5.41) is 2.36. The Hall–Kier alpha value is -3.89. The summed E-state index contributed by atoms with van der Waals surface area (Å²) in [5.41, 5.74) is 7.75. The number of halogens is 2. The van der Waals surface area contributed by atoms with Gasteiger partial charge in [-0.15, -0.1) is 11.3 Å². The molecule has 5 rings (SSSR count). The Kier molecular flexibility index (Phi) is 7.57. The minimum absolute atomic E-state index is 0.0115. The number of fused-ring (bicyclic) bond motifs is 3. The Bertz CT molecular complexity index is 1790. The number of aromatic nitrogens is 2. The highest BCUT2D eigenvalue weighted by molar-refractivity contribution is 7.10. The Morgan fingerprint density at radius 3 is 2.58 bits per heavy atom. The van der Waals surface area contributed by atoms with Gasteiger partial charge >= 0.3 is 0 Å². The molecule has 5 aromatic rings. The van der Waals surface area contributed by atoms with Gasteiger partial charge in [0.15, 0.2) is 0 Å². The fourth-order valence-corrected chi connectivity index (χ4v) is 5.88. The average Bonchev–Trinajstić information content (AvgIpc) is 3.49. The molecule has 3 heterocycles. The number of nitrogens with zero attached hydrogens (tertiary/aromatic N) is 3. The van der Waals surface area contributed by atoms with Crippen LogP contribution < -0.4 is 11.3 Å². The van der Waals surface area contributed by atoms with Crippen molar-refractivity contribution in [3.8, 4) is 0 Å². The van der Waals surface area contributed by atoms with Gasteiger partial charge in [-0.3, -0.25) is 14.2 Å². The number of amides is 1. The van der Waals surface area contributed by atoms with E-state index in [9.17, 15) is 18.4 Å². The van der Waals surface area contributed by atoms with Gasteiger partial charge in [-0.2, -0.15) is 0 Å². The molecule has 1 atom stereocenters. The topological polar surface area (TPSA) is 94.4 Å². The maximum atomic E-state index is 14.5. The van der Waals surface area contributed by atoms with E-state index in [0.29, 0.717) is 22.4 Å². The van der Waals surface area contributed by atoms with Crippen molar-refractivity contribution in [2.75, 3.05) is 13.1 Å². The SMILES string of the molecule is Cc1csc(Cn2c(C(C(C)C)N(CCN)C(=O)c3ccc(C)c(F)c3)nc3c(oc4ccc(F)cc43)c2=O)c1. The van der Waals surface area contributed by atoms with E-state index in [1.54, 1.807) is 24.0 Å². The molecular formula is C30H30F2N4O3S. The van der Waals surface area contributed by atoms with E-state index in [1.165, 1.54) is 40.2 Å². The van der Waals surface area contributed by atoms with Crippen LogP contribution >= 0.6 is 11.3 Å². The third-order valence-corrected chi connectivity index (χ3v) is 7.99. The maximum absolute atomic E-state index is 14.5. The van der Waals surface area contributed by atoms with Crippen LogP contribution in [-0.4, -0.2) is 33.4 Å². The first-order valence-electron chi connectivity index (χ1n) is 13.0. The van der Waals surface area contributed by atoms with E-state index in [4.69, 9.17) is 15.1 Å². The Morgan fingerprint density at radius 2 is 1.93 bits per heavy atom. The quantitative estimate of drug-likeness (QED) is 0.252. The Labute approximate surface area is 233 Å². The third-order valence-electron chi connectivity index (χ3n) is 6.95. The highest BCUT2D eigenvalue weighted by atomic mass is 32.1. The number of hydrogen-bond donors (Lipinski definition) is 1. The Balaban J connectivity index is 1.76. The fraction of sp³-hybridized carbons (Fsp3) is 0.300. The monoisotopic (exact) mass is 564 g/mol. The highest BCUT2D eigenvalue weighted by Crippen LogP contribution is 2.33. The van der Waals surface area contributed by atoms with Crippen molar-refractivity contribution in [2.45, 2.75) is 40.3 Å². The van der Waals surface area contributed by atoms with Crippen LogP contribution in [0, 0.1) is 31.4 Å². The van der Waals surface area contributed by atoms with Crippen LogP contribution in [0.15, 0.2) is 57.1 Å². The van der Waals surface area contributed by atoms with Gasteiger partial charge in [0.1, 0.15) is 28.6 Å². The molecule has 40 heavy (non-hydrogen) atoms. The van der Waals surface area contributed by atoms with E-state index in [2.05, 4.69) is 0 Å². The predicted octanol–water partition coefficient (Wildman–Crippen LogP) is 5.95. The average molecular weight is 565 g/mol. The number of furan rings is 1. The number of benzene rings is 2. The number of rotatable bonds is 8. The molecule has 2 N–H and O–H groups in total. The van der Waals surface area contributed by atoms with Crippen LogP contribution in [0.4, 0.5) is 8.78 Å². The second-order valence-electron chi connectivity index (χ2n) is 10.3. The van der Waals surface area contributed by atoms with Crippen molar-refractivity contribution in [3.63, 3.8) is 0 Å². The van der Waals surface area contributed by atoms with Gasteiger partial charge in [0, 0.05) is 28.9 Å². The smallest absolute Gasteiger partial charge is 0.297 e. The van der Waals surface area contributed by atoms with Gasteiger partial charge in [0.05, 0.1) is 12.6 Å². The normalized spacial score (nSPS) is 12.5. The Morgan fingerprint density at radius 1 is 1.15 bits per heavy atom. The molecule has 0 aliphatic heterocycles. The van der Waals surface area contributed by atoms with E-state index in [0.717, 1.165) is 10.4 Å². The fourth-order valence-electron chi connectivity index (χ4n) is 5.02. The lowest BCUT2D eigenvalue weighted by molar-refractivity contribution is 0.0612. The van der Waals surface area contributed by atoms with Crippen molar-refractivity contribution >= 4 is 39.3 Å². The standard InChI is InChI=1S/C30H30F2N4O3S/c1-16(2)26(35(10-9-33)29(37)19-6-5-18(4)23(32)12-19)28-34-25-22-13-20(31)7-8-24(22)39-27(25)30(38)36(28)14-21-11-17(3)15-40-21/h5-8,11-13,15-16,26H,9-10,14,33H2,1-4H3. The van der Waals surface area contributed by atoms with Gasteiger partial charge in [-0.05, 0) is 72.7 Å². The lowest BCUT2D eigenvalue weighted by Gasteiger charge is -2.35. The number of carbonyl (C=O) groups is 1. The zero-order valence-electron chi connectivity index (χ0n) is 22.7. The molecule has 0 radical (unpaired) electrons. The molecular weight excluding hydrogens is 534 g/mol. The molecule has 0 spiro atoms. The van der Waals surface area contributed by atoms with Gasteiger partial charge < -0.3 is 15.1 Å². The van der Waals surface area contributed by atoms with Crippen LogP contribution in [0.5, 0.6) is 0 Å². The molecule has 2 aromatic carbocycles. The zero-order chi connectivity index (χ0) is 28.7. The van der Waals surface area contributed by atoms with Crippen LogP contribution in [0.1, 0.15) is 52.1 Å². The molecule has 0 saturated carbocycles. The van der Waals surface area contributed by atoms with Crippen LogP contribution in [0.25, 0.3) is 22.1 Å². The van der Waals surface area contributed by atoms with Crippen molar-refractivity contribution in [2.24, 2.45) is 11.7 Å². The van der Waals surface area contributed by atoms with E-state index < -0.39 is 29.1 Å². The first kappa shape index (κ1) is 27.7. The summed E-state index contributed by atoms with van der Waals surface area (Å²) in [7, 11) is 0. The molecule has 10 heteroatoms. The minimum atomic E-state index is -0.711. The summed E-state index contributed by atoms with van der Waals surface area (Å²) >= 11 is 1.51. The lowest BCUT2D eigenvalue weighted by atomic mass is 9.99. The zero-order valence-corrected chi connectivity index (χ0v) is 23.5. The molecule has 1 unspecified atom stereocenters. The summed E-state index contributed by atoms with van der Waals surface area (Å²) in [6, 6.07) is 9.63. The number of hydrogen-bond acceptors (Lipinski definition) is 6. The van der Waals surface area contributed by atoms with Crippen LogP contribution in [-0.2, 0) is 6.54 Å². The van der Waals surface area contributed by atoms with Crippen LogP contribution in [0.2, 0.25) is 0 Å². The molecule has 0 aliphatic rings. The van der Waals surface area contributed by atoms with Gasteiger partial charge in [-0.25, -0.2) is 13.8 Å². The number of carbonyl (C=O) groups excluding carboxylic acids is 1. The second kappa shape index (κ2) is 10.9. The summed E-state index contributed by atoms with van der Waals surface area (Å²) < 4.78 is 36.1.